The van der Waals surface area contributed by atoms with Crippen LogP contribution in [-0.2, 0) is 11.3 Å². The van der Waals surface area contributed by atoms with E-state index in [9.17, 15) is 22.4 Å². The van der Waals surface area contributed by atoms with Gasteiger partial charge in [0.2, 0.25) is 11.8 Å². The maximum absolute atomic E-state index is 13.6. The zero-order valence-corrected chi connectivity index (χ0v) is 23.6. The number of pyridine rings is 1. The van der Waals surface area contributed by atoms with E-state index in [0.717, 1.165) is 6.07 Å². The molecule has 1 aromatic carbocycles. The topological polar surface area (TPSA) is 89.9 Å². The summed E-state index contributed by atoms with van der Waals surface area (Å²) >= 11 is 6.29. The number of cyclic esters (lactones) is 1. The first-order valence-electron chi connectivity index (χ1n) is 13.3. The van der Waals surface area contributed by atoms with Crippen molar-refractivity contribution < 1.29 is 36.6 Å². The van der Waals surface area contributed by atoms with E-state index in [4.69, 9.17) is 27.5 Å². The number of aromatic nitrogens is 3. The van der Waals surface area contributed by atoms with Crippen LogP contribution in [0.4, 0.5) is 28.3 Å². The van der Waals surface area contributed by atoms with Gasteiger partial charge in [0.05, 0.1) is 43.0 Å². The minimum absolute atomic E-state index is 0.0734. The van der Waals surface area contributed by atoms with Crippen molar-refractivity contribution in [3.63, 3.8) is 0 Å². The number of benzene rings is 1. The fraction of sp³-hybridized carbons (Fsp3) is 0.379. The molecule has 2 aliphatic heterocycles. The number of ether oxygens (including phenoxy) is 3. The van der Waals surface area contributed by atoms with Crippen molar-refractivity contribution in [2.75, 3.05) is 24.6 Å². The quantitative estimate of drug-likeness (QED) is 0.152. The molecule has 0 radical (unpaired) electrons. The molecule has 0 N–H and O–H groups in total. The highest BCUT2D eigenvalue weighted by Crippen LogP contribution is 2.38. The number of carbonyl (C=O) groups excluding carboxylic acids is 1. The van der Waals surface area contributed by atoms with Crippen LogP contribution in [0.1, 0.15) is 37.1 Å². The summed E-state index contributed by atoms with van der Waals surface area (Å²) < 4.78 is 67.5. The first-order chi connectivity index (χ1) is 20.5. The Bertz CT molecular complexity index is 1530. The lowest BCUT2D eigenvalue weighted by atomic mass is 10.0. The maximum Gasteiger partial charge on any atom is 0.573 e. The Balaban J connectivity index is 1.46. The third-order valence-electron chi connectivity index (χ3n) is 6.92. The molecule has 9 nitrogen and oxygen atoms in total. The van der Waals surface area contributed by atoms with Crippen LogP contribution < -0.4 is 14.4 Å². The van der Waals surface area contributed by atoms with E-state index in [1.165, 1.54) is 29.4 Å². The Hall–Kier alpha value is -4.31. The lowest BCUT2D eigenvalue weighted by Crippen LogP contribution is -2.49. The largest absolute Gasteiger partial charge is 0.573 e. The summed E-state index contributed by atoms with van der Waals surface area (Å²) in [6.45, 7) is 2.18. The van der Waals surface area contributed by atoms with Gasteiger partial charge in [-0.1, -0.05) is 23.7 Å². The fourth-order valence-electron chi connectivity index (χ4n) is 4.78. The Morgan fingerprint density at radius 1 is 1.19 bits per heavy atom. The first-order valence-corrected chi connectivity index (χ1v) is 13.7. The van der Waals surface area contributed by atoms with E-state index in [1.54, 1.807) is 24.0 Å². The van der Waals surface area contributed by atoms with Crippen LogP contribution >= 0.6 is 11.6 Å². The average molecular weight is 620 g/mol. The molecule has 2 fully saturated rings. The Morgan fingerprint density at radius 2 is 1.98 bits per heavy atom. The second-order valence-corrected chi connectivity index (χ2v) is 10.4. The van der Waals surface area contributed by atoms with Crippen molar-refractivity contribution in [2.45, 2.75) is 51.0 Å². The molecule has 14 heteroatoms. The number of anilines is 1. The molecular formula is C29H26ClF4N5O4. The number of amides is 1. The Labute approximate surface area is 249 Å². The highest BCUT2D eigenvalue weighted by atomic mass is 35.5. The van der Waals surface area contributed by atoms with Crippen molar-refractivity contribution in [1.82, 2.24) is 19.9 Å². The lowest BCUT2D eigenvalue weighted by molar-refractivity contribution is -0.274. The summed E-state index contributed by atoms with van der Waals surface area (Å²) in [7, 11) is 0. The molecule has 2 aliphatic rings. The smallest absolute Gasteiger partial charge is 0.477 e. The SMILES string of the molecule is C#CCCCOc1ncc(Cl)cc1-c1cnc(N2CC(F)C2)nc1CN1C(=O)OC(c2cccc(OC(F)(F)F)c2)C1C. The molecule has 3 aromatic rings. The van der Waals surface area contributed by atoms with Crippen LogP contribution in [0, 0.1) is 12.3 Å². The van der Waals surface area contributed by atoms with Gasteiger partial charge in [0.1, 0.15) is 18.0 Å². The molecular weight excluding hydrogens is 594 g/mol. The highest BCUT2D eigenvalue weighted by Gasteiger charge is 2.41. The second kappa shape index (κ2) is 12.5. The van der Waals surface area contributed by atoms with Crippen molar-refractivity contribution in [1.29, 1.82) is 0 Å². The molecule has 43 heavy (non-hydrogen) atoms. The van der Waals surface area contributed by atoms with Gasteiger partial charge in [-0.2, -0.15) is 0 Å². The lowest BCUT2D eigenvalue weighted by Gasteiger charge is -2.34. The minimum atomic E-state index is -4.87. The molecule has 2 unspecified atom stereocenters. The van der Waals surface area contributed by atoms with E-state index in [1.807, 2.05) is 0 Å². The Morgan fingerprint density at radius 3 is 2.70 bits per heavy atom. The molecule has 0 aliphatic carbocycles. The molecule has 4 heterocycles. The predicted molar refractivity (Wildman–Crippen MR) is 148 cm³/mol. The summed E-state index contributed by atoms with van der Waals surface area (Å²) in [4.78, 5) is 29.6. The third kappa shape index (κ3) is 7.02. The van der Waals surface area contributed by atoms with Crippen molar-refractivity contribution >= 4 is 23.6 Å². The number of hydrogen-bond donors (Lipinski definition) is 0. The number of halogens is 5. The van der Waals surface area contributed by atoms with Gasteiger partial charge in [0, 0.05) is 29.9 Å². The number of alkyl halides is 4. The van der Waals surface area contributed by atoms with Crippen molar-refractivity contribution in [3.05, 3.63) is 59.0 Å². The fourth-order valence-corrected chi connectivity index (χ4v) is 4.94. The molecule has 5 rings (SSSR count). The van der Waals surface area contributed by atoms with Crippen LogP contribution in [0.15, 0.2) is 42.7 Å². The van der Waals surface area contributed by atoms with Crippen molar-refractivity contribution in [3.8, 4) is 35.1 Å². The predicted octanol–water partition coefficient (Wildman–Crippen LogP) is 6.12. The molecule has 1 amide bonds. The van der Waals surface area contributed by atoms with Crippen molar-refractivity contribution in [2.24, 2.45) is 0 Å². The summed E-state index contributed by atoms with van der Waals surface area (Å²) in [5, 5.41) is 0.319. The first kappa shape index (κ1) is 30.2. The number of rotatable bonds is 10. The summed E-state index contributed by atoms with van der Waals surface area (Å²) in [6.07, 6.45) is 1.94. The molecule has 2 saturated heterocycles. The molecule has 0 saturated carbocycles. The standard InChI is InChI=1S/C29H26ClF4N5O4/c1-3-4-5-9-41-26-22(11-19(30)12-35-26)23-13-36-27(38-14-20(31)15-38)37-24(23)16-39-17(2)25(42-28(39)40)18-7-6-8-21(10-18)43-29(32,33)34/h1,6-8,10-13,17,20,25H,4-5,9,14-16H2,2H3. The maximum atomic E-state index is 13.6. The van der Waals surface area contributed by atoms with Gasteiger partial charge in [-0.15, -0.1) is 25.5 Å². The van der Waals surface area contributed by atoms with Gasteiger partial charge in [0.15, 0.2) is 0 Å². The van der Waals surface area contributed by atoms with Crippen LogP contribution in [0.25, 0.3) is 11.1 Å². The monoisotopic (exact) mass is 619 g/mol. The summed E-state index contributed by atoms with van der Waals surface area (Å²) in [5.41, 5.74) is 1.64. The van der Waals surface area contributed by atoms with Gasteiger partial charge in [-0.05, 0) is 37.1 Å². The van der Waals surface area contributed by atoms with Crippen LogP contribution in [0.5, 0.6) is 11.6 Å². The average Bonchev–Trinajstić information content (AvgIpc) is 3.22. The van der Waals surface area contributed by atoms with E-state index in [-0.39, 0.29) is 31.5 Å². The van der Waals surface area contributed by atoms with Gasteiger partial charge in [-0.25, -0.2) is 24.1 Å². The van der Waals surface area contributed by atoms with Crippen LogP contribution in [0.2, 0.25) is 5.02 Å². The number of nitrogens with zero attached hydrogens (tertiary/aromatic N) is 5. The number of terminal acetylenes is 1. The summed E-state index contributed by atoms with van der Waals surface area (Å²) in [5.74, 6) is 2.64. The molecule has 0 spiro atoms. The molecule has 226 valence electrons. The second-order valence-electron chi connectivity index (χ2n) is 9.99. The van der Waals surface area contributed by atoms with E-state index < -0.39 is 36.5 Å². The number of carbonyl (C=O) groups is 1. The van der Waals surface area contributed by atoms with Gasteiger partial charge in [-0.3, -0.25) is 4.90 Å². The van der Waals surface area contributed by atoms with Gasteiger partial charge in [0.25, 0.3) is 0 Å². The highest BCUT2D eigenvalue weighted by molar-refractivity contribution is 6.30. The molecule has 0 bridgehead atoms. The van der Waals surface area contributed by atoms with E-state index in [0.29, 0.717) is 46.9 Å². The zero-order valence-electron chi connectivity index (χ0n) is 22.9. The van der Waals surface area contributed by atoms with Crippen LogP contribution in [-0.4, -0.2) is 64.2 Å². The van der Waals surface area contributed by atoms with Gasteiger partial charge < -0.3 is 19.1 Å². The van der Waals surface area contributed by atoms with E-state index >= 15 is 0 Å². The third-order valence-corrected chi connectivity index (χ3v) is 7.13. The summed E-state index contributed by atoms with van der Waals surface area (Å²) in [6, 6.07) is 6.29. The van der Waals surface area contributed by atoms with E-state index in [2.05, 4.69) is 25.6 Å². The normalized spacial score (nSPS) is 18.7. The molecule has 2 atom stereocenters. The van der Waals surface area contributed by atoms with Gasteiger partial charge >= 0.3 is 12.5 Å². The number of unbranched alkanes of at least 4 members (excludes halogenated alkanes) is 1. The zero-order chi connectivity index (χ0) is 30.7. The minimum Gasteiger partial charge on any atom is -0.477 e. The molecule has 2 aromatic heterocycles. The van der Waals surface area contributed by atoms with Crippen LogP contribution in [0.3, 0.4) is 0 Å². The Kier molecular flexibility index (Phi) is 8.77. The number of hydrogen-bond acceptors (Lipinski definition) is 8.